The highest BCUT2D eigenvalue weighted by Gasteiger charge is 2.67. The van der Waals surface area contributed by atoms with Crippen molar-refractivity contribution in [3.05, 3.63) is 29.3 Å². The molecule has 5 unspecified atom stereocenters. The monoisotopic (exact) mass is 256 g/mol. The average Bonchev–Trinajstić information content (AvgIpc) is 2.85. The number of para-hydroxylation sites is 1. The smallest absolute Gasteiger partial charge is 0.128 e. The molecule has 1 heterocycles. The molecule has 0 saturated heterocycles. The van der Waals surface area contributed by atoms with Gasteiger partial charge in [0.05, 0.1) is 12.7 Å². The molecule has 0 amide bonds. The molecule has 4 aliphatic rings. The van der Waals surface area contributed by atoms with Crippen molar-refractivity contribution in [2.75, 3.05) is 6.61 Å². The first-order valence-electron chi connectivity index (χ1n) is 7.77. The molecule has 1 N–H and O–H groups in total. The summed E-state index contributed by atoms with van der Waals surface area (Å²) in [6.07, 6.45) is 4.99. The van der Waals surface area contributed by atoms with Crippen molar-refractivity contribution in [1.82, 2.24) is 0 Å². The van der Waals surface area contributed by atoms with E-state index in [9.17, 15) is 5.11 Å². The Morgan fingerprint density at radius 2 is 1.95 bits per heavy atom. The van der Waals surface area contributed by atoms with Crippen LogP contribution in [0.3, 0.4) is 0 Å². The summed E-state index contributed by atoms with van der Waals surface area (Å²) in [5.41, 5.74) is 2.35. The summed E-state index contributed by atoms with van der Waals surface area (Å²) >= 11 is 0. The second-order valence-corrected chi connectivity index (χ2v) is 6.94. The van der Waals surface area contributed by atoms with E-state index in [1.165, 1.54) is 24.8 Å². The molecule has 1 aromatic carbocycles. The molecule has 0 radical (unpaired) electrons. The van der Waals surface area contributed by atoms with Crippen molar-refractivity contribution in [3.63, 3.8) is 0 Å². The van der Waals surface area contributed by atoms with Crippen molar-refractivity contribution in [2.45, 2.75) is 31.8 Å². The summed E-state index contributed by atoms with van der Waals surface area (Å²) in [4.78, 5) is 0. The first kappa shape index (κ1) is 10.7. The molecule has 100 valence electrons. The molecule has 19 heavy (non-hydrogen) atoms. The third kappa shape index (κ3) is 1.31. The van der Waals surface area contributed by atoms with E-state index in [1.54, 1.807) is 0 Å². The van der Waals surface area contributed by atoms with E-state index in [0.717, 1.165) is 48.0 Å². The zero-order valence-corrected chi connectivity index (χ0v) is 11.1. The van der Waals surface area contributed by atoms with Gasteiger partial charge < -0.3 is 9.84 Å². The molecular weight excluding hydrogens is 236 g/mol. The third-order valence-corrected chi connectivity index (χ3v) is 6.22. The van der Waals surface area contributed by atoms with Crippen LogP contribution in [-0.2, 0) is 6.42 Å². The Bertz CT molecular complexity index is 522. The number of aliphatic hydroxyl groups is 1. The van der Waals surface area contributed by atoms with Gasteiger partial charge in [-0.05, 0) is 54.4 Å². The Morgan fingerprint density at radius 3 is 2.74 bits per heavy atom. The molecule has 1 aliphatic heterocycles. The molecule has 0 aromatic heterocycles. The van der Waals surface area contributed by atoms with Gasteiger partial charge in [-0.15, -0.1) is 0 Å². The van der Waals surface area contributed by atoms with Crippen LogP contribution in [0.4, 0.5) is 0 Å². The van der Waals surface area contributed by atoms with Crippen molar-refractivity contribution in [3.8, 4) is 5.75 Å². The van der Waals surface area contributed by atoms with Crippen LogP contribution in [0.15, 0.2) is 18.2 Å². The molecular formula is C17H20O2. The quantitative estimate of drug-likeness (QED) is 0.881. The van der Waals surface area contributed by atoms with Crippen LogP contribution in [0.25, 0.3) is 0 Å². The first-order chi connectivity index (χ1) is 9.34. The summed E-state index contributed by atoms with van der Waals surface area (Å²) in [6.45, 7) is 0.780. The Labute approximate surface area is 113 Å². The van der Waals surface area contributed by atoms with E-state index in [-0.39, 0.29) is 6.10 Å². The summed E-state index contributed by atoms with van der Waals surface area (Å²) in [6, 6.07) is 6.29. The van der Waals surface area contributed by atoms with Gasteiger partial charge in [-0.2, -0.15) is 0 Å². The number of benzene rings is 1. The maximum absolute atomic E-state index is 10.8. The predicted molar refractivity (Wildman–Crippen MR) is 71.9 cm³/mol. The molecule has 1 aromatic rings. The minimum atomic E-state index is -0.286. The van der Waals surface area contributed by atoms with Gasteiger partial charge in [0.15, 0.2) is 0 Å². The topological polar surface area (TPSA) is 29.5 Å². The Kier molecular flexibility index (Phi) is 2.00. The minimum absolute atomic E-state index is 0.286. The van der Waals surface area contributed by atoms with Crippen molar-refractivity contribution < 1.29 is 9.84 Å². The Morgan fingerprint density at radius 1 is 1.16 bits per heavy atom. The summed E-state index contributed by atoms with van der Waals surface area (Å²) in [7, 11) is 0. The zero-order chi connectivity index (χ0) is 12.6. The van der Waals surface area contributed by atoms with Gasteiger partial charge in [-0.25, -0.2) is 0 Å². The fraction of sp³-hybridized carbons (Fsp3) is 0.647. The lowest BCUT2D eigenvalue weighted by Crippen LogP contribution is -2.09. The van der Waals surface area contributed by atoms with Gasteiger partial charge in [0, 0.05) is 12.0 Å². The summed E-state index contributed by atoms with van der Waals surface area (Å²) in [5, 5.41) is 10.8. The highest BCUT2D eigenvalue weighted by molar-refractivity contribution is 5.46. The van der Waals surface area contributed by atoms with Gasteiger partial charge in [-0.3, -0.25) is 0 Å². The summed E-state index contributed by atoms with van der Waals surface area (Å²) < 4.78 is 5.76. The predicted octanol–water partition coefficient (Wildman–Crippen LogP) is 2.95. The number of rotatable bonds is 2. The van der Waals surface area contributed by atoms with Crippen LogP contribution in [0.2, 0.25) is 0 Å². The van der Waals surface area contributed by atoms with E-state index in [2.05, 4.69) is 18.2 Å². The van der Waals surface area contributed by atoms with Crippen molar-refractivity contribution in [2.24, 2.45) is 29.6 Å². The fourth-order valence-electron chi connectivity index (χ4n) is 5.50. The standard InChI is InChI=1S/C17H20O2/c18-16(12-3-1-2-9-6-7-19-17(9)12)15-13-10-4-5-11(8-10)14(13)15/h1-3,10-11,13-16,18H,4-8H2. The fourth-order valence-corrected chi connectivity index (χ4v) is 5.50. The largest absolute Gasteiger partial charge is 0.493 e. The maximum Gasteiger partial charge on any atom is 0.128 e. The lowest BCUT2D eigenvalue weighted by Gasteiger charge is -2.18. The normalized spacial score (nSPS) is 42.7. The lowest BCUT2D eigenvalue weighted by atomic mass is 9.93. The molecule has 0 spiro atoms. The second-order valence-electron chi connectivity index (χ2n) is 6.94. The van der Waals surface area contributed by atoms with Crippen LogP contribution >= 0.6 is 0 Å². The molecule has 2 bridgehead atoms. The highest BCUT2D eigenvalue weighted by atomic mass is 16.5. The molecule has 5 atom stereocenters. The molecule has 3 fully saturated rings. The minimum Gasteiger partial charge on any atom is -0.493 e. The van der Waals surface area contributed by atoms with Crippen LogP contribution < -0.4 is 4.74 Å². The van der Waals surface area contributed by atoms with Gasteiger partial charge in [0.2, 0.25) is 0 Å². The van der Waals surface area contributed by atoms with Gasteiger partial charge in [0.25, 0.3) is 0 Å². The van der Waals surface area contributed by atoms with Gasteiger partial charge in [-0.1, -0.05) is 18.2 Å². The van der Waals surface area contributed by atoms with Gasteiger partial charge in [0.1, 0.15) is 5.75 Å². The second kappa shape index (κ2) is 3.54. The number of fused-ring (bicyclic) bond motifs is 6. The van der Waals surface area contributed by atoms with Crippen molar-refractivity contribution >= 4 is 0 Å². The van der Waals surface area contributed by atoms with E-state index < -0.39 is 0 Å². The SMILES string of the molecule is OC(c1cccc2c1OCC2)C1C2C3CCC(C3)C21. The molecule has 2 nitrogen and oxygen atoms in total. The third-order valence-electron chi connectivity index (χ3n) is 6.22. The number of aliphatic hydroxyl groups excluding tert-OH is 1. The molecule has 3 aliphatic carbocycles. The molecule has 2 heteroatoms. The van der Waals surface area contributed by atoms with E-state index in [4.69, 9.17) is 4.74 Å². The molecule has 3 saturated carbocycles. The summed E-state index contributed by atoms with van der Waals surface area (Å²) in [5.74, 6) is 5.02. The van der Waals surface area contributed by atoms with E-state index >= 15 is 0 Å². The zero-order valence-electron chi connectivity index (χ0n) is 11.1. The van der Waals surface area contributed by atoms with Gasteiger partial charge >= 0.3 is 0 Å². The molecule has 5 rings (SSSR count). The average molecular weight is 256 g/mol. The van der Waals surface area contributed by atoms with Crippen LogP contribution in [0.1, 0.15) is 36.5 Å². The van der Waals surface area contributed by atoms with E-state index in [1.807, 2.05) is 0 Å². The number of hydrogen-bond donors (Lipinski definition) is 1. The van der Waals surface area contributed by atoms with Crippen molar-refractivity contribution in [1.29, 1.82) is 0 Å². The first-order valence-corrected chi connectivity index (χ1v) is 7.77. The van der Waals surface area contributed by atoms with E-state index in [0.29, 0.717) is 5.92 Å². The maximum atomic E-state index is 10.8. The Hall–Kier alpha value is -1.02. The lowest BCUT2D eigenvalue weighted by molar-refractivity contribution is 0.126. The van der Waals surface area contributed by atoms with Crippen LogP contribution in [-0.4, -0.2) is 11.7 Å². The number of ether oxygens (including phenoxy) is 1. The van der Waals surface area contributed by atoms with Crippen LogP contribution in [0.5, 0.6) is 5.75 Å². The highest BCUT2D eigenvalue weighted by Crippen LogP contribution is 2.72. The van der Waals surface area contributed by atoms with Crippen LogP contribution in [0, 0.1) is 29.6 Å². The number of hydrogen-bond acceptors (Lipinski definition) is 2. The Balaban J connectivity index is 1.47.